The zero-order valence-corrected chi connectivity index (χ0v) is 14.3. The number of benzene rings is 1. The number of nitrogens with zero attached hydrogens (tertiary/aromatic N) is 1. The third kappa shape index (κ3) is 4.38. The van der Waals surface area contributed by atoms with Crippen molar-refractivity contribution in [3.63, 3.8) is 0 Å². The van der Waals surface area contributed by atoms with Crippen LogP contribution in [0.2, 0.25) is 0 Å². The van der Waals surface area contributed by atoms with Gasteiger partial charge in [-0.3, -0.25) is 14.9 Å². The fourth-order valence-electron chi connectivity index (χ4n) is 3.18. The lowest BCUT2D eigenvalue weighted by atomic mass is 9.87. The number of carbonyl (C=O) groups is 3. The molecule has 2 aliphatic heterocycles. The van der Waals surface area contributed by atoms with Crippen molar-refractivity contribution in [2.75, 3.05) is 19.7 Å². The quantitative estimate of drug-likeness (QED) is 0.771. The van der Waals surface area contributed by atoms with Gasteiger partial charge in [-0.2, -0.15) is 13.2 Å². The topological polar surface area (TPSA) is 87.7 Å². The molecule has 2 N–H and O–H groups in total. The third-order valence-corrected chi connectivity index (χ3v) is 4.65. The van der Waals surface area contributed by atoms with Crippen LogP contribution in [0.25, 0.3) is 0 Å². The molecular formula is C17H18F3N3O4. The summed E-state index contributed by atoms with van der Waals surface area (Å²) in [7, 11) is 0. The van der Waals surface area contributed by atoms with Crippen molar-refractivity contribution in [3.8, 4) is 0 Å². The second kappa shape index (κ2) is 7.18. The van der Waals surface area contributed by atoms with E-state index in [1.807, 2.05) is 0 Å². The molecule has 1 aromatic rings. The summed E-state index contributed by atoms with van der Waals surface area (Å²) in [6.07, 6.45) is -3.74. The molecule has 146 valence electrons. The first kappa shape index (κ1) is 19.2. The lowest BCUT2D eigenvalue weighted by Crippen LogP contribution is -2.55. The fraction of sp³-hybridized carbons (Fsp3) is 0.471. The van der Waals surface area contributed by atoms with Crippen LogP contribution in [-0.2, 0) is 16.1 Å². The van der Waals surface area contributed by atoms with Gasteiger partial charge in [0.1, 0.15) is 12.1 Å². The number of halogens is 3. The minimum atomic E-state index is -4.38. The molecular weight excluding hydrogens is 367 g/mol. The Bertz CT molecular complexity index is 741. The van der Waals surface area contributed by atoms with Crippen LogP contribution < -0.4 is 10.6 Å². The Kier molecular flexibility index (Phi) is 5.09. The van der Waals surface area contributed by atoms with Gasteiger partial charge in [0, 0.05) is 18.7 Å². The molecule has 27 heavy (non-hydrogen) atoms. The van der Waals surface area contributed by atoms with Crippen LogP contribution in [0.5, 0.6) is 0 Å². The molecule has 0 aromatic heterocycles. The van der Waals surface area contributed by atoms with Crippen molar-refractivity contribution in [3.05, 3.63) is 35.4 Å². The molecule has 10 heteroatoms. The number of piperidine rings is 1. The van der Waals surface area contributed by atoms with E-state index in [0.29, 0.717) is 37.1 Å². The zero-order chi connectivity index (χ0) is 19.7. The summed E-state index contributed by atoms with van der Waals surface area (Å²) in [4.78, 5) is 37.4. The largest absolute Gasteiger partial charge is 0.411 e. The molecule has 1 aromatic carbocycles. The molecule has 0 atom stereocenters. The van der Waals surface area contributed by atoms with E-state index in [0.717, 1.165) is 0 Å². The maximum Gasteiger partial charge on any atom is 0.411 e. The second-order valence-corrected chi connectivity index (χ2v) is 6.59. The molecule has 1 spiro atoms. The Morgan fingerprint density at radius 2 is 1.78 bits per heavy atom. The summed E-state index contributed by atoms with van der Waals surface area (Å²) in [5.74, 6) is -0.611. The maximum absolute atomic E-state index is 12.6. The Labute approximate surface area is 152 Å². The van der Waals surface area contributed by atoms with Gasteiger partial charge in [0.05, 0.1) is 6.61 Å². The number of nitrogens with one attached hydrogen (secondary N) is 2. The van der Waals surface area contributed by atoms with Crippen molar-refractivity contribution in [2.45, 2.75) is 31.2 Å². The van der Waals surface area contributed by atoms with Crippen LogP contribution in [0, 0.1) is 0 Å². The van der Waals surface area contributed by atoms with Crippen molar-refractivity contribution >= 4 is 17.8 Å². The number of alkyl halides is 3. The SMILES string of the molecule is O=C1NC(=O)C2(CCN(C(=O)c3ccc(COCC(F)(F)F)cc3)CC2)N1. The van der Waals surface area contributed by atoms with Crippen LogP contribution in [-0.4, -0.2) is 54.2 Å². The highest BCUT2D eigenvalue weighted by Gasteiger charge is 2.48. The van der Waals surface area contributed by atoms with Crippen LogP contribution in [0.15, 0.2) is 24.3 Å². The number of ether oxygens (including phenoxy) is 1. The van der Waals surface area contributed by atoms with E-state index in [-0.39, 0.29) is 18.4 Å². The van der Waals surface area contributed by atoms with E-state index in [1.54, 1.807) is 17.0 Å². The summed E-state index contributed by atoms with van der Waals surface area (Å²) >= 11 is 0. The van der Waals surface area contributed by atoms with E-state index in [4.69, 9.17) is 0 Å². The normalized spacial score (nSPS) is 19.1. The number of imide groups is 1. The number of carbonyl (C=O) groups excluding carboxylic acids is 3. The molecule has 2 saturated heterocycles. The summed E-state index contributed by atoms with van der Waals surface area (Å²) in [6, 6.07) is 5.62. The molecule has 2 aliphatic rings. The Balaban J connectivity index is 1.54. The predicted molar refractivity (Wildman–Crippen MR) is 86.7 cm³/mol. The Morgan fingerprint density at radius 1 is 1.15 bits per heavy atom. The molecule has 3 rings (SSSR count). The first-order valence-corrected chi connectivity index (χ1v) is 8.35. The van der Waals surface area contributed by atoms with Gasteiger partial charge in [-0.05, 0) is 30.5 Å². The van der Waals surface area contributed by atoms with Gasteiger partial charge in [0.2, 0.25) is 0 Å². The average Bonchev–Trinajstić information content (AvgIpc) is 2.88. The van der Waals surface area contributed by atoms with Gasteiger partial charge in [0.15, 0.2) is 0 Å². The number of likely N-dealkylation sites (tertiary alicyclic amines) is 1. The highest BCUT2D eigenvalue weighted by atomic mass is 19.4. The summed E-state index contributed by atoms with van der Waals surface area (Å²) < 4.78 is 40.8. The molecule has 4 amide bonds. The van der Waals surface area contributed by atoms with Gasteiger partial charge in [0.25, 0.3) is 11.8 Å². The minimum Gasteiger partial charge on any atom is -0.367 e. The van der Waals surface area contributed by atoms with Crippen molar-refractivity contribution < 1.29 is 32.3 Å². The van der Waals surface area contributed by atoms with Gasteiger partial charge in [-0.25, -0.2) is 4.79 Å². The van der Waals surface area contributed by atoms with Gasteiger partial charge in [-0.15, -0.1) is 0 Å². The van der Waals surface area contributed by atoms with Gasteiger partial charge in [-0.1, -0.05) is 12.1 Å². The highest BCUT2D eigenvalue weighted by molar-refractivity contribution is 6.07. The molecule has 0 unspecified atom stereocenters. The molecule has 2 fully saturated rings. The van der Waals surface area contributed by atoms with E-state index in [9.17, 15) is 27.6 Å². The van der Waals surface area contributed by atoms with Gasteiger partial charge >= 0.3 is 12.2 Å². The van der Waals surface area contributed by atoms with Crippen molar-refractivity contribution in [1.29, 1.82) is 0 Å². The first-order valence-electron chi connectivity index (χ1n) is 8.35. The molecule has 0 bridgehead atoms. The predicted octanol–water partition coefficient (Wildman–Crippen LogP) is 1.58. The second-order valence-electron chi connectivity index (χ2n) is 6.59. The zero-order valence-electron chi connectivity index (χ0n) is 14.3. The van der Waals surface area contributed by atoms with E-state index >= 15 is 0 Å². The van der Waals surface area contributed by atoms with E-state index in [1.165, 1.54) is 12.1 Å². The smallest absolute Gasteiger partial charge is 0.367 e. The standard InChI is InChI=1S/C17H18F3N3O4/c18-17(19,20)10-27-9-11-1-3-12(4-2-11)13(24)23-7-5-16(6-8-23)14(25)21-15(26)22-16/h1-4H,5-10H2,(H2,21,22,25,26). The number of hydrogen-bond acceptors (Lipinski definition) is 4. The number of rotatable bonds is 4. The molecule has 0 radical (unpaired) electrons. The summed E-state index contributed by atoms with van der Waals surface area (Å²) in [6.45, 7) is -0.908. The number of urea groups is 1. The number of hydrogen-bond donors (Lipinski definition) is 2. The lowest BCUT2D eigenvalue weighted by Gasteiger charge is -2.37. The summed E-state index contributed by atoms with van der Waals surface area (Å²) in [5, 5.41) is 4.83. The van der Waals surface area contributed by atoms with Gasteiger partial charge < -0.3 is 15.0 Å². The van der Waals surface area contributed by atoms with Crippen LogP contribution >= 0.6 is 0 Å². The van der Waals surface area contributed by atoms with Crippen molar-refractivity contribution in [1.82, 2.24) is 15.5 Å². The van der Waals surface area contributed by atoms with E-state index < -0.39 is 24.4 Å². The van der Waals surface area contributed by atoms with Crippen molar-refractivity contribution in [2.24, 2.45) is 0 Å². The average molecular weight is 385 g/mol. The van der Waals surface area contributed by atoms with Crippen LogP contribution in [0.4, 0.5) is 18.0 Å². The molecule has 7 nitrogen and oxygen atoms in total. The molecule has 0 aliphatic carbocycles. The fourth-order valence-corrected chi connectivity index (χ4v) is 3.18. The monoisotopic (exact) mass is 385 g/mol. The Hall–Kier alpha value is -2.62. The minimum absolute atomic E-state index is 0.199. The van der Waals surface area contributed by atoms with Crippen LogP contribution in [0.1, 0.15) is 28.8 Å². The first-order chi connectivity index (χ1) is 12.7. The summed E-state index contributed by atoms with van der Waals surface area (Å²) in [5.41, 5.74) is -0.0303. The lowest BCUT2D eigenvalue weighted by molar-refractivity contribution is -0.176. The van der Waals surface area contributed by atoms with Crippen LogP contribution in [0.3, 0.4) is 0 Å². The van der Waals surface area contributed by atoms with E-state index in [2.05, 4.69) is 15.4 Å². The maximum atomic E-state index is 12.6. The Morgan fingerprint density at radius 3 is 2.30 bits per heavy atom. The number of amides is 4. The third-order valence-electron chi connectivity index (χ3n) is 4.65. The highest BCUT2D eigenvalue weighted by Crippen LogP contribution is 2.26. The molecule has 2 heterocycles. The molecule has 0 saturated carbocycles.